The minimum absolute atomic E-state index is 0.0925. The Morgan fingerprint density at radius 3 is 2.81 bits per heavy atom. The molecule has 3 rings (SSSR count). The third-order valence-electron chi connectivity index (χ3n) is 3.07. The Morgan fingerprint density at radius 2 is 2.05 bits per heavy atom. The van der Waals surface area contributed by atoms with E-state index < -0.39 is 0 Å². The fourth-order valence-corrected chi connectivity index (χ4v) is 2.05. The summed E-state index contributed by atoms with van der Waals surface area (Å²) in [7, 11) is 0. The zero-order chi connectivity index (χ0) is 14.7. The van der Waals surface area contributed by atoms with Crippen molar-refractivity contribution >= 4 is 5.95 Å². The van der Waals surface area contributed by atoms with E-state index >= 15 is 0 Å². The highest BCUT2D eigenvalue weighted by molar-refractivity contribution is 5.65. The molecular weight excluding hydrogens is 266 g/mol. The van der Waals surface area contributed by atoms with Crippen LogP contribution in [0.15, 0.2) is 54.5 Å². The number of allylic oxidation sites excluding steroid dienone is 1. The van der Waals surface area contributed by atoms with Crippen LogP contribution in [0.2, 0.25) is 0 Å². The van der Waals surface area contributed by atoms with Gasteiger partial charge >= 0.3 is 0 Å². The van der Waals surface area contributed by atoms with Crippen LogP contribution in [-0.4, -0.2) is 21.1 Å². The van der Waals surface area contributed by atoms with Crippen molar-refractivity contribution in [2.75, 3.05) is 5.73 Å². The molecule has 0 radical (unpaired) electrons. The van der Waals surface area contributed by atoms with Gasteiger partial charge in [-0.2, -0.15) is 0 Å². The Bertz CT molecular complexity index is 711. The predicted molar refractivity (Wildman–Crippen MR) is 80.1 cm³/mol. The SMILES string of the molecule is NC1=CCC(Oc2ncccc2-c2ccnc(N)n2)C=C1. The standard InChI is InChI=1S/C15H15N5O/c16-10-3-5-11(6-4-10)21-14-12(2-1-8-18-14)13-7-9-19-15(17)20-13/h1-5,7-9,11H,6,16H2,(H2,17,19,20). The molecule has 0 aliphatic heterocycles. The van der Waals surface area contributed by atoms with Gasteiger partial charge in [0.05, 0.1) is 11.3 Å². The fraction of sp³-hybridized carbons (Fsp3) is 0.133. The van der Waals surface area contributed by atoms with E-state index in [-0.39, 0.29) is 12.1 Å². The van der Waals surface area contributed by atoms with Crippen LogP contribution in [-0.2, 0) is 0 Å². The Hall–Kier alpha value is -2.89. The van der Waals surface area contributed by atoms with Gasteiger partial charge in [-0.25, -0.2) is 15.0 Å². The zero-order valence-corrected chi connectivity index (χ0v) is 11.3. The van der Waals surface area contributed by atoms with Crippen LogP contribution in [0.4, 0.5) is 5.95 Å². The molecule has 2 aromatic heterocycles. The molecule has 0 saturated heterocycles. The topological polar surface area (TPSA) is 99.9 Å². The van der Waals surface area contributed by atoms with Crippen molar-refractivity contribution in [1.29, 1.82) is 0 Å². The number of rotatable bonds is 3. The first-order valence-corrected chi connectivity index (χ1v) is 6.57. The van der Waals surface area contributed by atoms with Gasteiger partial charge in [0.15, 0.2) is 0 Å². The van der Waals surface area contributed by atoms with Crippen molar-refractivity contribution in [1.82, 2.24) is 15.0 Å². The lowest BCUT2D eigenvalue weighted by Gasteiger charge is -2.18. The summed E-state index contributed by atoms with van der Waals surface area (Å²) in [5, 5.41) is 0. The lowest BCUT2D eigenvalue weighted by molar-refractivity contribution is 0.242. The van der Waals surface area contributed by atoms with Gasteiger partial charge < -0.3 is 16.2 Å². The molecule has 1 aliphatic carbocycles. The third kappa shape index (κ3) is 3.00. The Balaban J connectivity index is 1.88. The first-order valence-electron chi connectivity index (χ1n) is 6.57. The number of hydrogen-bond acceptors (Lipinski definition) is 6. The molecule has 21 heavy (non-hydrogen) atoms. The number of nitrogens with zero attached hydrogens (tertiary/aromatic N) is 3. The van der Waals surface area contributed by atoms with E-state index in [2.05, 4.69) is 15.0 Å². The van der Waals surface area contributed by atoms with E-state index in [0.717, 1.165) is 11.3 Å². The highest BCUT2D eigenvalue weighted by Gasteiger charge is 2.14. The summed E-state index contributed by atoms with van der Waals surface area (Å²) in [4.78, 5) is 12.4. The molecule has 1 unspecified atom stereocenters. The summed E-state index contributed by atoms with van der Waals surface area (Å²) in [6.45, 7) is 0. The lowest BCUT2D eigenvalue weighted by Crippen LogP contribution is -2.17. The van der Waals surface area contributed by atoms with Gasteiger partial charge in [-0.05, 0) is 30.4 Å². The fourth-order valence-electron chi connectivity index (χ4n) is 2.05. The third-order valence-corrected chi connectivity index (χ3v) is 3.07. The van der Waals surface area contributed by atoms with Crippen LogP contribution in [0, 0.1) is 0 Å². The van der Waals surface area contributed by atoms with E-state index in [4.69, 9.17) is 16.2 Å². The highest BCUT2D eigenvalue weighted by Crippen LogP contribution is 2.28. The Kier molecular flexibility index (Phi) is 3.51. The van der Waals surface area contributed by atoms with Crippen LogP contribution < -0.4 is 16.2 Å². The molecule has 6 heteroatoms. The number of pyridine rings is 1. The number of nitrogen functional groups attached to an aromatic ring is 1. The Labute approximate surface area is 122 Å². The molecule has 0 saturated carbocycles. The number of anilines is 1. The first kappa shape index (κ1) is 13.1. The lowest BCUT2D eigenvalue weighted by atomic mass is 10.1. The summed E-state index contributed by atoms with van der Waals surface area (Å²) < 4.78 is 5.93. The largest absolute Gasteiger partial charge is 0.469 e. The predicted octanol–water partition coefficient (Wildman–Crippen LogP) is 1.67. The minimum atomic E-state index is -0.0925. The summed E-state index contributed by atoms with van der Waals surface area (Å²) in [6, 6.07) is 5.49. The summed E-state index contributed by atoms with van der Waals surface area (Å²) >= 11 is 0. The second-order valence-electron chi connectivity index (χ2n) is 4.61. The van der Waals surface area contributed by atoms with Crippen molar-refractivity contribution in [3.63, 3.8) is 0 Å². The first-order chi connectivity index (χ1) is 10.2. The number of aromatic nitrogens is 3. The quantitative estimate of drug-likeness (QED) is 0.887. The zero-order valence-electron chi connectivity index (χ0n) is 11.3. The van der Waals surface area contributed by atoms with Gasteiger partial charge in [0.25, 0.3) is 0 Å². The van der Waals surface area contributed by atoms with Crippen LogP contribution in [0.5, 0.6) is 5.88 Å². The molecular formula is C15H15N5O. The van der Waals surface area contributed by atoms with Crippen molar-refractivity contribution in [3.8, 4) is 17.1 Å². The summed E-state index contributed by atoms with van der Waals surface area (Å²) in [6.07, 6.45) is 9.59. The molecule has 0 amide bonds. The van der Waals surface area contributed by atoms with Gasteiger partial charge in [-0.3, -0.25) is 0 Å². The van der Waals surface area contributed by atoms with Gasteiger partial charge in [0, 0.05) is 24.5 Å². The van der Waals surface area contributed by atoms with Crippen molar-refractivity contribution in [2.45, 2.75) is 12.5 Å². The molecule has 0 aromatic carbocycles. The van der Waals surface area contributed by atoms with E-state index in [0.29, 0.717) is 18.0 Å². The van der Waals surface area contributed by atoms with Crippen molar-refractivity contribution < 1.29 is 4.74 Å². The minimum Gasteiger partial charge on any atom is -0.469 e. The highest BCUT2D eigenvalue weighted by atomic mass is 16.5. The van der Waals surface area contributed by atoms with E-state index in [9.17, 15) is 0 Å². The molecule has 1 atom stereocenters. The Morgan fingerprint density at radius 1 is 1.14 bits per heavy atom. The van der Waals surface area contributed by atoms with Crippen molar-refractivity contribution in [3.05, 3.63) is 54.5 Å². The van der Waals surface area contributed by atoms with Gasteiger partial charge in [-0.1, -0.05) is 6.08 Å². The number of nitrogens with two attached hydrogens (primary N) is 2. The average molecular weight is 281 g/mol. The van der Waals surface area contributed by atoms with E-state index in [1.165, 1.54) is 0 Å². The van der Waals surface area contributed by atoms with Crippen LogP contribution >= 0.6 is 0 Å². The molecule has 1 aliphatic rings. The molecule has 106 valence electrons. The second kappa shape index (κ2) is 5.62. The summed E-state index contributed by atoms with van der Waals surface area (Å²) in [5.41, 5.74) is 13.5. The van der Waals surface area contributed by atoms with Gasteiger partial charge in [-0.15, -0.1) is 0 Å². The molecule has 2 aromatic rings. The molecule has 0 bridgehead atoms. The molecule has 0 fully saturated rings. The molecule has 6 nitrogen and oxygen atoms in total. The maximum absolute atomic E-state index is 5.93. The molecule has 0 spiro atoms. The van der Waals surface area contributed by atoms with Gasteiger partial charge in [0.1, 0.15) is 6.10 Å². The monoisotopic (exact) mass is 281 g/mol. The van der Waals surface area contributed by atoms with E-state index in [1.54, 1.807) is 18.5 Å². The van der Waals surface area contributed by atoms with Crippen molar-refractivity contribution in [2.24, 2.45) is 5.73 Å². The van der Waals surface area contributed by atoms with Crippen LogP contribution in [0.3, 0.4) is 0 Å². The maximum Gasteiger partial charge on any atom is 0.223 e. The number of ether oxygens (including phenoxy) is 1. The smallest absolute Gasteiger partial charge is 0.223 e. The summed E-state index contributed by atoms with van der Waals surface area (Å²) in [5.74, 6) is 0.731. The van der Waals surface area contributed by atoms with Crippen LogP contribution in [0.25, 0.3) is 11.3 Å². The van der Waals surface area contributed by atoms with E-state index in [1.807, 2.05) is 30.4 Å². The normalized spacial score (nSPS) is 17.3. The second-order valence-corrected chi connectivity index (χ2v) is 4.61. The van der Waals surface area contributed by atoms with Gasteiger partial charge in [0.2, 0.25) is 11.8 Å². The maximum atomic E-state index is 5.93. The average Bonchev–Trinajstić information content (AvgIpc) is 2.50. The molecule has 4 N–H and O–H groups in total. The molecule has 2 heterocycles. The van der Waals surface area contributed by atoms with Crippen LogP contribution in [0.1, 0.15) is 6.42 Å². The number of hydrogen-bond donors (Lipinski definition) is 2.